The summed E-state index contributed by atoms with van der Waals surface area (Å²) in [6.45, 7) is 2.82. The lowest BCUT2D eigenvalue weighted by molar-refractivity contribution is 0.316. The molecule has 1 saturated heterocycles. The number of ether oxygens (including phenoxy) is 3. The van der Waals surface area contributed by atoms with Gasteiger partial charge in [0.15, 0.2) is 11.5 Å². The average molecular weight is 252 g/mol. The number of piperazine rings is 1. The highest BCUT2D eigenvalue weighted by Crippen LogP contribution is 2.42. The number of hydrogen-bond acceptors (Lipinski definition) is 5. The fourth-order valence-electron chi connectivity index (χ4n) is 2.27. The smallest absolute Gasteiger partial charge is 0.203 e. The van der Waals surface area contributed by atoms with Crippen LogP contribution in [0, 0.1) is 0 Å². The first-order valence-electron chi connectivity index (χ1n) is 6.04. The maximum atomic E-state index is 5.49. The third-order valence-electron chi connectivity index (χ3n) is 3.15. The molecule has 1 unspecified atom stereocenters. The number of benzene rings is 1. The van der Waals surface area contributed by atoms with Crippen molar-refractivity contribution in [3.05, 3.63) is 17.7 Å². The molecule has 5 nitrogen and oxygen atoms in total. The van der Waals surface area contributed by atoms with E-state index in [0.29, 0.717) is 11.5 Å². The SMILES string of the molecule is COc1ccc(C2CNCCN2)c(OC)c1OC. The summed E-state index contributed by atoms with van der Waals surface area (Å²) in [5.74, 6) is 2.06. The Hall–Kier alpha value is -1.46. The van der Waals surface area contributed by atoms with Crippen LogP contribution in [-0.2, 0) is 0 Å². The Morgan fingerprint density at radius 3 is 2.33 bits per heavy atom. The zero-order chi connectivity index (χ0) is 13.0. The molecule has 0 aromatic heterocycles. The zero-order valence-electron chi connectivity index (χ0n) is 11.1. The highest BCUT2D eigenvalue weighted by atomic mass is 16.5. The second-order valence-electron chi connectivity index (χ2n) is 4.13. The Morgan fingerprint density at radius 1 is 1.00 bits per heavy atom. The van der Waals surface area contributed by atoms with Crippen molar-refractivity contribution in [2.75, 3.05) is 41.0 Å². The molecule has 1 aliphatic heterocycles. The summed E-state index contributed by atoms with van der Waals surface area (Å²) in [6.07, 6.45) is 0. The van der Waals surface area contributed by atoms with Gasteiger partial charge in [-0.05, 0) is 12.1 Å². The van der Waals surface area contributed by atoms with Crippen LogP contribution in [0.5, 0.6) is 17.2 Å². The van der Waals surface area contributed by atoms with E-state index in [2.05, 4.69) is 10.6 Å². The molecule has 1 fully saturated rings. The van der Waals surface area contributed by atoms with E-state index in [1.54, 1.807) is 21.3 Å². The van der Waals surface area contributed by atoms with Gasteiger partial charge < -0.3 is 24.8 Å². The van der Waals surface area contributed by atoms with E-state index < -0.39 is 0 Å². The molecule has 18 heavy (non-hydrogen) atoms. The monoisotopic (exact) mass is 252 g/mol. The Labute approximate surface area is 107 Å². The van der Waals surface area contributed by atoms with Crippen LogP contribution >= 0.6 is 0 Å². The minimum atomic E-state index is 0.230. The van der Waals surface area contributed by atoms with Crippen LogP contribution in [0.2, 0.25) is 0 Å². The number of hydrogen-bond donors (Lipinski definition) is 2. The van der Waals surface area contributed by atoms with Crippen molar-refractivity contribution >= 4 is 0 Å². The standard InChI is InChI=1S/C13H20N2O3/c1-16-11-5-4-9(10-8-14-6-7-15-10)12(17-2)13(11)18-3/h4-5,10,14-15H,6-8H2,1-3H3. The summed E-state index contributed by atoms with van der Waals surface area (Å²) in [4.78, 5) is 0. The summed E-state index contributed by atoms with van der Waals surface area (Å²) >= 11 is 0. The van der Waals surface area contributed by atoms with E-state index in [0.717, 1.165) is 30.9 Å². The zero-order valence-corrected chi connectivity index (χ0v) is 11.1. The van der Waals surface area contributed by atoms with Crippen LogP contribution < -0.4 is 24.8 Å². The van der Waals surface area contributed by atoms with Gasteiger partial charge in [-0.1, -0.05) is 0 Å². The first-order chi connectivity index (χ1) is 8.81. The van der Waals surface area contributed by atoms with Crippen molar-refractivity contribution in [1.82, 2.24) is 10.6 Å². The molecule has 0 bridgehead atoms. The predicted molar refractivity (Wildman–Crippen MR) is 69.7 cm³/mol. The fourth-order valence-corrected chi connectivity index (χ4v) is 2.27. The molecule has 1 atom stereocenters. The third kappa shape index (κ3) is 2.37. The van der Waals surface area contributed by atoms with Gasteiger partial charge in [0, 0.05) is 31.2 Å². The van der Waals surface area contributed by atoms with Crippen LogP contribution in [0.3, 0.4) is 0 Å². The predicted octanol–water partition coefficient (Wildman–Crippen LogP) is 0.946. The summed E-state index contributed by atoms with van der Waals surface area (Å²) < 4.78 is 16.2. The lowest BCUT2D eigenvalue weighted by Crippen LogP contribution is -2.42. The molecule has 0 saturated carbocycles. The van der Waals surface area contributed by atoms with E-state index in [1.165, 1.54) is 0 Å². The second-order valence-corrected chi connectivity index (χ2v) is 4.13. The van der Waals surface area contributed by atoms with Gasteiger partial charge in [0.2, 0.25) is 5.75 Å². The van der Waals surface area contributed by atoms with Gasteiger partial charge in [0.05, 0.1) is 21.3 Å². The van der Waals surface area contributed by atoms with E-state index in [-0.39, 0.29) is 6.04 Å². The summed E-state index contributed by atoms with van der Waals surface area (Å²) in [5.41, 5.74) is 1.09. The van der Waals surface area contributed by atoms with Crippen LogP contribution in [-0.4, -0.2) is 41.0 Å². The molecule has 1 heterocycles. The quantitative estimate of drug-likeness (QED) is 0.835. The molecule has 2 rings (SSSR count). The highest BCUT2D eigenvalue weighted by molar-refractivity contribution is 5.56. The lowest BCUT2D eigenvalue weighted by Gasteiger charge is -2.27. The number of methoxy groups -OCH3 is 3. The Bertz CT molecular complexity index is 403. The Morgan fingerprint density at radius 2 is 1.78 bits per heavy atom. The molecule has 5 heteroatoms. The molecule has 1 aromatic rings. The van der Waals surface area contributed by atoms with Crippen molar-refractivity contribution in [1.29, 1.82) is 0 Å². The van der Waals surface area contributed by atoms with Gasteiger partial charge in [0.1, 0.15) is 0 Å². The molecule has 0 spiro atoms. The summed E-state index contributed by atoms with van der Waals surface area (Å²) in [5, 5.41) is 6.82. The Kier molecular flexibility index (Phi) is 4.28. The minimum Gasteiger partial charge on any atom is -0.493 e. The van der Waals surface area contributed by atoms with Gasteiger partial charge in [-0.15, -0.1) is 0 Å². The van der Waals surface area contributed by atoms with Crippen molar-refractivity contribution in [2.24, 2.45) is 0 Å². The van der Waals surface area contributed by atoms with Crippen LogP contribution in [0.15, 0.2) is 12.1 Å². The minimum absolute atomic E-state index is 0.230. The first-order valence-corrected chi connectivity index (χ1v) is 6.04. The topological polar surface area (TPSA) is 51.8 Å². The van der Waals surface area contributed by atoms with Gasteiger partial charge in [-0.3, -0.25) is 0 Å². The Balaban J connectivity index is 2.40. The first kappa shape index (κ1) is 13.0. The van der Waals surface area contributed by atoms with Crippen molar-refractivity contribution in [2.45, 2.75) is 6.04 Å². The van der Waals surface area contributed by atoms with Crippen molar-refractivity contribution < 1.29 is 14.2 Å². The summed E-state index contributed by atoms with van der Waals surface area (Å²) in [7, 11) is 4.89. The van der Waals surface area contributed by atoms with Gasteiger partial charge in [0.25, 0.3) is 0 Å². The van der Waals surface area contributed by atoms with E-state index in [4.69, 9.17) is 14.2 Å². The second kappa shape index (κ2) is 5.93. The fraction of sp³-hybridized carbons (Fsp3) is 0.538. The largest absolute Gasteiger partial charge is 0.493 e. The molecule has 0 amide bonds. The molecular formula is C13H20N2O3. The van der Waals surface area contributed by atoms with Crippen LogP contribution in [0.4, 0.5) is 0 Å². The molecule has 1 aliphatic rings. The molecular weight excluding hydrogens is 232 g/mol. The molecule has 2 N–H and O–H groups in total. The average Bonchev–Trinajstić information content (AvgIpc) is 2.46. The third-order valence-corrected chi connectivity index (χ3v) is 3.15. The van der Waals surface area contributed by atoms with E-state index >= 15 is 0 Å². The highest BCUT2D eigenvalue weighted by Gasteiger charge is 2.23. The molecule has 0 aliphatic carbocycles. The van der Waals surface area contributed by atoms with Crippen LogP contribution in [0.1, 0.15) is 11.6 Å². The van der Waals surface area contributed by atoms with Gasteiger partial charge >= 0.3 is 0 Å². The van der Waals surface area contributed by atoms with Crippen molar-refractivity contribution in [3.8, 4) is 17.2 Å². The van der Waals surface area contributed by atoms with Crippen LogP contribution in [0.25, 0.3) is 0 Å². The van der Waals surface area contributed by atoms with Gasteiger partial charge in [-0.2, -0.15) is 0 Å². The molecule has 100 valence electrons. The van der Waals surface area contributed by atoms with Gasteiger partial charge in [-0.25, -0.2) is 0 Å². The maximum Gasteiger partial charge on any atom is 0.203 e. The van der Waals surface area contributed by atoms with E-state index in [9.17, 15) is 0 Å². The molecule has 1 aromatic carbocycles. The lowest BCUT2D eigenvalue weighted by atomic mass is 10.0. The number of rotatable bonds is 4. The number of nitrogens with one attached hydrogen (secondary N) is 2. The maximum absolute atomic E-state index is 5.49. The summed E-state index contributed by atoms with van der Waals surface area (Å²) in [6, 6.07) is 4.16. The van der Waals surface area contributed by atoms with E-state index in [1.807, 2.05) is 12.1 Å². The van der Waals surface area contributed by atoms with Crippen molar-refractivity contribution in [3.63, 3.8) is 0 Å². The normalized spacial score (nSPS) is 19.4. The molecule has 0 radical (unpaired) electrons.